The number of methoxy groups -OCH3 is 1. The third kappa shape index (κ3) is 3.12. The third-order valence-corrected chi connectivity index (χ3v) is 3.46. The van der Waals surface area contributed by atoms with Crippen LogP contribution in [-0.2, 0) is 4.74 Å². The highest BCUT2D eigenvalue weighted by Crippen LogP contribution is 2.34. The number of hydrogen-bond donors (Lipinski definition) is 3. The second kappa shape index (κ2) is 6.83. The highest BCUT2D eigenvalue weighted by Gasteiger charge is 2.19. The normalized spacial score (nSPS) is 9.83. The molecule has 1 rings (SSSR count). The highest BCUT2D eigenvalue weighted by atomic mass is 32.1. The van der Waals surface area contributed by atoms with Gasteiger partial charge in [-0.2, -0.15) is 5.26 Å². The van der Waals surface area contributed by atoms with E-state index in [0.29, 0.717) is 28.6 Å². The summed E-state index contributed by atoms with van der Waals surface area (Å²) in [5.41, 5.74) is 6.35. The van der Waals surface area contributed by atoms with Gasteiger partial charge in [0.25, 0.3) is 5.91 Å². The molecular weight excluding hydrogens is 252 g/mol. The number of rotatable bonds is 6. The Morgan fingerprint density at radius 2 is 2.33 bits per heavy atom. The van der Waals surface area contributed by atoms with Crippen LogP contribution in [-0.4, -0.2) is 33.2 Å². The Kier molecular flexibility index (Phi) is 5.42. The minimum absolute atomic E-state index is 0.232. The predicted octanol–water partition coefficient (Wildman–Crippen LogP) is 1.01. The number of thiophene rings is 1. The molecule has 18 heavy (non-hydrogen) atoms. The Hall–Kier alpha value is -1.78. The van der Waals surface area contributed by atoms with Gasteiger partial charge in [-0.25, -0.2) is 0 Å². The minimum Gasteiger partial charge on any atom is -0.396 e. The molecule has 0 saturated carbocycles. The molecule has 0 spiro atoms. The van der Waals surface area contributed by atoms with Crippen molar-refractivity contribution in [3.05, 3.63) is 10.4 Å². The van der Waals surface area contributed by atoms with Gasteiger partial charge in [0, 0.05) is 27.3 Å². The SMILES string of the molecule is CNC(=O)c1sc(NCCCOC)c(C#N)c1N. The summed E-state index contributed by atoms with van der Waals surface area (Å²) in [5, 5.41) is 15.3. The number of anilines is 2. The van der Waals surface area contributed by atoms with E-state index in [-0.39, 0.29) is 11.6 Å². The van der Waals surface area contributed by atoms with Crippen LogP contribution in [0, 0.1) is 11.3 Å². The summed E-state index contributed by atoms with van der Waals surface area (Å²) in [6, 6.07) is 2.02. The molecule has 1 aromatic heterocycles. The molecule has 7 heteroatoms. The summed E-state index contributed by atoms with van der Waals surface area (Å²) < 4.78 is 4.93. The van der Waals surface area contributed by atoms with Gasteiger partial charge in [-0.15, -0.1) is 11.3 Å². The monoisotopic (exact) mass is 268 g/mol. The van der Waals surface area contributed by atoms with Crippen molar-refractivity contribution < 1.29 is 9.53 Å². The first-order valence-electron chi connectivity index (χ1n) is 5.43. The standard InChI is InChI=1S/C11H16N4O2S/c1-14-10(16)9-8(13)7(6-12)11(18-9)15-4-3-5-17-2/h15H,3-5,13H2,1-2H3,(H,14,16). The quantitative estimate of drug-likeness (QED) is 0.668. The molecule has 1 aromatic rings. The number of ether oxygens (including phenoxy) is 1. The molecule has 0 aliphatic carbocycles. The summed E-state index contributed by atoms with van der Waals surface area (Å²) in [6.07, 6.45) is 0.814. The van der Waals surface area contributed by atoms with Crippen LogP contribution < -0.4 is 16.4 Å². The molecule has 98 valence electrons. The first-order chi connectivity index (χ1) is 8.65. The van der Waals surface area contributed by atoms with Crippen molar-refractivity contribution in [2.75, 3.05) is 38.4 Å². The molecule has 0 unspecified atom stereocenters. The number of carbonyl (C=O) groups is 1. The van der Waals surface area contributed by atoms with Crippen molar-refractivity contribution in [1.29, 1.82) is 5.26 Å². The van der Waals surface area contributed by atoms with Crippen LogP contribution in [0.2, 0.25) is 0 Å². The van der Waals surface area contributed by atoms with Crippen molar-refractivity contribution in [2.24, 2.45) is 0 Å². The molecular formula is C11H16N4O2S. The maximum atomic E-state index is 11.6. The lowest BCUT2D eigenvalue weighted by Crippen LogP contribution is -2.17. The summed E-state index contributed by atoms with van der Waals surface area (Å²) in [5.74, 6) is -0.279. The first-order valence-corrected chi connectivity index (χ1v) is 6.24. The largest absolute Gasteiger partial charge is 0.396 e. The number of nitrogens with two attached hydrogens (primary N) is 1. The van der Waals surface area contributed by atoms with Gasteiger partial charge in [0.15, 0.2) is 0 Å². The first kappa shape index (κ1) is 14.3. The maximum absolute atomic E-state index is 11.6. The van der Waals surface area contributed by atoms with Crippen molar-refractivity contribution in [1.82, 2.24) is 5.32 Å². The van der Waals surface area contributed by atoms with Crippen molar-refractivity contribution in [3.8, 4) is 6.07 Å². The Morgan fingerprint density at radius 1 is 1.61 bits per heavy atom. The van der Waals surface area contributed by atoms with E-state index in [4.69, 9.17) is 15.7 Å². The summed E-state index contributed by atoms with van der Waals surface area (Å²) >= 11 is 1.19. The van der Waals surface area contributed by atoms with Crippen LogP contribution in [0.4, 0.5) is 10.7 Å². The maximum Gasteiger partial charge on any atom is 0.263 e. The van der Waals surface area contributed by atoms with E-state index in [1.807, 2.05) is 6.07 Å². The summed E-state index contributed by atoms with van der Waals surface area (Å²) in [7, 11) is 3.16. The molecule has 0 aromatic carbocycles. The second-order valence-corrected chi connectivity index (χ2v) is 4.53. The fourth-order valence-corrected chi connectivity index (χ4v) is 2.42. The molecule has 0 aliphatic heterocycles. The number of nitrogens with one attached hydrogen (secondary N) is 2. The number of nitriles is 1. The summed E-state index contributed by atoms with van der Waals surface area (Å²) in [4.78, 5) is 11.9. The lowest BCUT2D eigenvalue weighted by Gasteiger charge is -2.03. The lowest BCUT2D eigenvalue weighted by molar-refractivity contribution is 0.0968. The van der Waals surface area contributed by atoms with Crippen molar-refractivity contribution in [3.63, 3.8) is 0 Å². The van der Waals surface area contributed by atoms with Gasteiger partial charge >= 0.3 is 0 Å². The summed E-state index contributed by atoms with van der Waals surface area (Å²) in [6.45, 7) is 1.30. The van der Waals surface area contributed by atoms with E-state index in [2.05, 4.69) is 10.6 Å². The van der Waals surface area contributed by atoms with Gasteiger partial charge in [0.05, 0.1) is 5.69 Å². The average Bonchev–Trinajstić information content (AvgIpc) is 2.70. The van der Waals surface area contributed by atoms with Crippen LogP contribution in [0.3, 0.4) is 0 Å². The van der Waals surface area contributed by atoms with E-state index < -0.39 is 0 Å². The van der Waals surface area contributed by atoms with Gasteiger partial charge in [-0.1, -0.05) is 0 Å². The smallest absolute Gasteiger partial charge is 0.263 e. The molecule has 0 radical (unpaired) electrons. The zero-order valence-corrected chi connectivity index (χ0v) is 11.2. The van der Waals surface area contributed by atoms with Crippen LogP contribution in [0.5, 0.6) is 0 Å². The molecule has 1 amide bonds. The van der Waals surface area contributed by atoms with Crippen LogP contribution in [0.15, 0.2) is 0 Å². The zero-order chi connectivity index (χ0) is 13.5. The molecule has 0 bridgehead atoms. The molecule has 1 heterocycles. The van der Waals surface area contributed by atoms with E-state index in [1.54, 1.807) is 7.11 Å². The van der Waals surface area contributed by atoms with Crippen LogP contribution in [0.25, 0.3) is 0 Å². The number of hydrogen-bond acceptors (Lipinski definition) is 6. The topological polar surface area (TPSA) is 100 Å². The predicted molar refractivity (Wildman–Crippen MR) is 71.8 cm³/mol. The van der Waals surface area contributed by atoms with Crippen LogP contribution >= 0.6 is 11.3 Å². The van der Waals surface area contributed by atoms with Gasteiger partial charge in [-0.3, -0.25) is 4.79 Å². The molecule has 6 nitrogen and oxygen atoms in total. The number of nitrogens with zero attached hydrogens (tertiary/aromatic N) is 1. The van der Waals surface area contributed by atoms with Crippen molar-refractivity contribution >= 4 is 27.9 Å². The zero-order valence-electron chi connectivity index (χ0n) is 10.4. The Morgan fingerprint density at radius 3 is 2.89 bits per heavy atom. The molecule has 0 atom stereocenters. The van der Waals surface area contributed by atoms with E-state index in [0.717, 1.165) is 6.42 Å². The van der Waals surface area contributed by atoms with Crippen LogP contribution in [0.1, 0.15) is 21.7 Å². The van der Waals surface area contributed by atoms with Gasteiger partial charge < -0.3 is 21.1 Å². The fraction of sp³-hybridized carbons (Fsp3) is 0.455. The average molecular weight is 268 g/mol. The molecule has 4 N–H and O–H groups in total. The minimum atomic E-state index is -0.279. The fourth-order valence-electron chi connectivity index (χ4n) is 1.38. The van der Waals surface area contributed by atoms with Gasteiger partial charge in [0.1, 0.15) is 21.5 Å². The van der Waals surface area contributed by atoms with Gasteiger partial charge in [0.2, 0.25) is 0 Å². The second-order valence-electron chi connectivity index (χ2n) is 3.51. The number of amides is 1. The van der Waals surface area contributed by atoms with Gasteiger partial charge in [-0.05, 0) is 6.42 Å². The Labute approximate surface area is 110 Å². The number of carbonyl (C=O) groups excluding carboxylic acids is 1. The Bertz CT molecular complexity index is 464. The van der Waals surface area contributed by atoms with E-state index in [1.165, 1.54) is 18.4 Å². The van der Waals surface area contributed by atoms with E-state index in [9.17, 15) is 4.79 Å². The molecule has 0 fully saturated rings. The molecule has 0 aliphatic rings. The van der Waals surface area contributed by atoms with E-state index >= 15 is 0 Å². The highest BCUT2D eigenvalue weighted by molar-refractivity contribution is 7.18. The van der Waals surface area contributed by atoms with Crippen molar-refractivity contribution in [2.45, 2.75) is 6.42 Å². The lowest BCUT2D eigenvalue weighted by atomic mass is 10.2. The third-order valence-electron chi connectivity index (χ3n) is 2.30. The Balaban J connectivity index is 2.85. The molecule has 0 saturated heterocycles. The number of nitrogen functional groups attached to an aromatic ring is 1.